The maximum Gasteiger partial charge on any atom is 0.256 e. The summed E-state index contributed by atoms with van der Waals surface area (Å²) in [6.45, 7) is 2.29. The van der Waals surface area contributed by atoms with Crippen molar-refractivity contribution in [2.75, 3.05) is 7.05 Å². The fourth-order valence-electron chi connectivity index (χ4n) is 3.70. The van der Waals surface area contributed by atoms with Gasteiger partial charge in [0, 0.05) is 43.2 Å². The summed E-state index contributed by atoms with van der Waals surface area (Å²) in [6, 6.07) is 9.84. The highest BCUT2D eigenvalue weighted by atomic mass is 16.2. The number of hydrogen-bond donors (Lipinski definition) is 1. The van der Waals surface area contributed by atoms with E-state index in [-0.39, 0.29) is 11.7 Å². The van der Waals surface area contributed by atoms with Gasteiger partial charge in [-0.25, -0.2) is 4.68 Å². The van der Waals surface area contributed by atoms with Crippen LogP contribution in [0.2, 0.25) is 0 Å². The van der Waals surface area contributed by atoms with E-state index in [1.54, 1.807) is 22.8 Å². The zero-order valence-electron chi connectivity index (χ0n) is 15.5. The number of H-pyrrole nitrogens is 1. The standard InChI is InChI=1S/C21H22N4O2/c1-14-19(20-17(23-14)9-6-10-18(20)26)21(27)24(2)12-15-11-22-25(13-15)16-7-4-3-5-8-16/h3-5,7-8,11,13,23H,6,9-10,12H2,1-2H3. The molecular weight excluding hydrogens is 340 g/mol. The molecule has 6 heteroatoms. The Morgan fingerprint density at radius 3 is 2.81 bits per heavy atom. The van der Waals surface area contributed by atoms with E-state index >= 15 is 0 Å². The number of Topliss-reactive ketones (excluding diaryl/α,β-unsaturated/α-hetero) is 1. The summed E-state index contributed by atoms with van der Waals surface area (Å²) in [7, 11) is 1.76. The van der Waals surface area contributed by atoms with E-state index in [4.69, 9.17) is 0 Å². The average molecular weight is 362 g/mol. The second-order valence-corrected chi connectivity index (χ2v) is 7.05. The Labute approximate surface area is 157 Å². The third-order valence-electron chi connectivity index (χ3n) is 5.01. The van der Waals surface area contributed by atoms with Gasteiger partial charge in [0.05, 0.1) is 23.0 Å². The van der Waals surface area contributed by atoms with E-state index in [2.05, 4.69) is 10.1 Å². The third kappa shape index (κ3) is 3.18. The highest BCUT2D eigenvalue weighted by Crippen LogP contribution is 2.28. The van der Waals surface area contributed by atoms with Gasteiger partial charge in [0.25, 0.3) is 5.91 Å². The number of fused-ring (bicyclic) bond motifs is 1. The molecule has 1 amide bonds. The molecule has 1 N–H and O–H groups in total. The minimum absolute atomic E-state index is 0.0641. The number of aromatic amines is 1. The lowest BCUT2D eigenvalue weighted by Crippen LogP contribution is -2.28. The molecule has 0 atom stereocenters. The number of nitrogens with one attached hydrogen (secondary N) is 1. The van der Waals surface area contributed by atoms with Crippen molar-refractivity contribution in [3.8, 4) is 5.69 Å². The molecule has 4 rings (SSSR count). The average Bonchev–Trinajstić information content (AvgIpc) is 3.26. The van der Waals surface area contributed by atoms with Crippen LogP contribution in [0.5, 0.6) is 0 Å². The zero-order chi connectivity index (χ0) is 19.0. The van der Waals surface area contributed by atoms with Crippen molar-refractivity contribution in [1.29, 1.82) is 0 Å². The van der Waals surface area contributed by atoms with Crippen LogP contribution in [-0.2, 0) is 13.0 Å². The molecule has 0 fully saturated rings. The number of carbonyl (C=O) groups is 2. The third-order valence-corrected chi connectivity index (χ3v) is 5.01. The molecular formula is C21H22N4O2. The van der Waals surface area contributed by atoms with Crippen LogP contribution in [0.3, 0.4) is 0 Å². The summed E-state index contributed by atoms with van der Waals surface area (Å²) in [5.74, 6) is -0.0676. The molecule has 138 valence electrons. The first kappa shape index (κ1) is 17.3. The largest absolute Gasteiger partial charge is 0.361 e. The summed E-state index contributed by atoms with van der Waals surface area (Å²) >= 11 is 0. The Hall–Kier alpha value is -3.15. The highest BCUT2D eigenvalue weighted by molar-refractivity contribution is 6.10. The number of para-hydroxylation sites is 1. The SMILES string of the molecule is Cc1[nH]c2c(c1C(=O)N(C)Cc1cnn(-c3ccccc3)c1)C(=O)CCC2. The Kier molecular flexibility index (Phi) is 4.39. The second-order valence-electron chi connectivity index (χ2n) is 7.05. The van der Waals surface area contributed by atoms with E-state index in [0.29, 0.717) is 24.1 Å². The zero-order valence-corrected chi connectivity index (χ0v) is 15.5. The Balaban J connectivity index is 1.55. The molecule has 6 nitrogen and oxygen atoms in total. The molecule has 0 aliphatic heterocycles. The van der Waals surface area contributed by atoms with Crippen molar-refractivity contribution in [3.63, 3.8) is 0 Å². The van der Waals surface area contributed by atoms with E-state index in [1.807, 2.05) is 43.5 Å². The number of carbonyl (C=O) groups excluding carboxylic acids is 2. The van der Waals surface area contributed by atoms with Gasteiger partial charge in [-0.1, -0.05) is 18.2 Å². The minimum atomic E-state index is -0.132. The smallest absolute Gasteiger partial charge is 0.256 e. The topological polar surface area (TPSA) is 71.0 Å². The highest BCUT2D eigenvalue weighted by Gasteiger charge is 2.29. The van der Waals surface area contributed by atoms with Crippen LogP contribution in [0.15, 0.2) is 42.7 Å². The molecule has 2 aromatic heterocycles. The summed E-state index contributed by atoms with van der Waals surface area (Å²) in [4.78, 5) is 30.3. The Morgan fingerprint density at radius 1 is 1.26 bits per heavy atom. The number of ketones is 1. The molecule has 0 spiro atoms. The van der Waals surface area contributed by atoms with Crippen molar-refractivity contribution in [2.45, 2.75) is 32.7 Å². The van der Waals surface area contributed by atoms with Gasteiger partial charge in [-0.2, -0.15) is 5.10 Å². The maximum atomic E-state index is 13.1. The van der Waals surface area contributed by atoms with Gasteiger partial charge in [0.2, 0.25) is 0 Å². The van der Waals surface area contributed by atoms with Gasteiger partial charge in [-0.05, 0) is 31.9 Å². The van der Waals surface area contributed by atoms with Crippen LogP contribution in [0, 0.1) is 6.92 Å². The number of hydrogen-bond acceptors (Lipinski definition) is 3. The molecule has 2 heterocycles. The molecule has 1 aromatic carbocycles. The van der Waals surface area contributed by atoms with Gasteiger partial charge < -0.3 is 9.88 Å². The molecule has 0 unspecified atom stereocenters. The van der Waals surface area contributed by atoms with Crippen LogP contribution in [0.4, 0.5) is 0 Å². The number of benzene rings is 1. The first-order valence-electron chi connectivity index (χ1n) is 9.13. The summed E-state index contributed by atoms with van der Waals surface area (Å²) in [5, 5.41) is 4.38. The fraction of sp³-hybridized carbons (Fsp3) is 0.286. The van der Waals surface area contributed by atoms with Crippen LogP contribution >= 0.6 is 0 Å². The van der Waals surface area contributed by atoms with E-state index in [0.717, 1.165) is 35.5 Å². The Morgan fingerprint density at radius 2 is 2.04 bits per heavy atom. The van der Waals surface area contributed by atoms with Crippen LogP contribution < -0.4 is 0 Å². The van der Waals surface area contributed by atoms with Gasteiger partial charge in [0.1, 0.15) is 0 Å². The molecule has 3 aromatic rings. The van der Waals surface area contributed by atoms with Gasteiger partial charge in [0.15, 0.2) is 5.78 Å². The predicted molar refractivity (Wildman–Crippen MR) is 102 cm³/mol. The molecule has 27 heavy (non-hydrogen) atoms. The molecule has 1 aliphatic carbocycles. The van der Waals surface area contributed by atoms with Crippen LogP contribution in [0.25, 0.3) is 5.69 Å². The van der Waals surface area contributed by atoms with Crippen molar-refractivity contribution in [3.05, 3.63) is 70.8 Å². The van der Waals surface area contributed by atoms with Gasteiger partial charge in [-0.3, -0.25) is 9.59 Å². The Bertz CT molecular complexity index is 1000. The number of rotatable bonds is 4. The van der Waals surface area contributed by atoms with Crippen molar-refractivity contribution in [2.24, 2.45) is 0 Å². The molecule has 0 saturated heterocycles. The molecule has 0 bridgehead atoms. The number of aromatic nitrogens is 3. The van der Waals surface area contributed by atoms with Gasteiger partial charge >= 0.3 is 0 Å². The first-order valence-corrected chi connectivity index (χ1v) is 9.13. The normalized spacial score (nSPS) is 13.5. The van der Waals surface area contributed by atoms with Crippen molar-refractivity contribution < 1.29 is 9.59 Å². The van der Waals surface area contributed by atoms with Gasteiger partial charge in [-0.15, -0.1) is 0 Å². The molecule has 1 aliphatic rings. The number of nitrogens with zero attached hydrogens (tertiary/aromatic N) is 3. The van der Waals surface area contributed by atoms with Crippen molar-refractivity contribution in [1.82, 2.24) is 19.7 Å². The first-order chi connectivity index (χ1) is 13.0. The monoisotopic (exact) mass is 362 g/mol. The predicted octanol–water partition coefficient (Wildman–Crippen LogP) is 3.30. The fourth-order valence-corrected chi connectivity index (χ4v) is 3.70. The summed E-state index contributed by atoms with van der Waals surface area (Å²) in [5.41, 5.74) is 4.69. The molecule has 0 saturated carbocycles. The molecule has 0 radical (unpaired) electrons. The lowest BCUT2D eigenvalue weighted by Gasteiger charge is -2.18. The van der Waals surface area contributed by atoms with Crippen molar-refractivity contribution >= 4 is 11.7 Å². The minimum Gasteiger partial charge on any atom is -0.361 e. The van der Waals surface area contributed by atoms with E-state index < -0.39 is 0 Å². The van der Waals surface area contributed by atoms with E-state index in [9.17, 15) is 9.59 Å². The lowest BCUT2D eigenvalue weighted by molar-refractivity contribution is 0.0778. The quantitative estimate of drug-likeness (QED) is 0.774. The van der Waals surface area contributed by atoms with Crippen LogP contribution in [-0.4, -0.2) is 38.4 Å². The second kappa shape index (κ2) is 6.87. The summed E-state index contributed by atoms with van der Waals surface area (Å²) < 4.78 is 1.79. The maximum absolute atomic E-state index is 13.1. The van der Waals surface area contributed by atoms with Crippen LogP contribution in [0.1, 0.15) is 50.5 Å². The summed E-state index contributed by atoms with van der Waals surface area (Å²) in [6.07, 6.45) is 5.86. The lowest BCUT2D eigenvalue weighted by atomic mass is 9.93. The number of aryl methyl sites for hydroxylation is 2. The van der Waals surface area contributed by atoms with E-state index in [1.165, 1.54) is 0 Å². The number of amides is 1.